The summed E-state index contributed by atoms with van der Waals surface area (Å²) in [6.07, 6.45) is 1.19. The maximum absolute atomic E-state index is 2.36. The van der Waals surface area contributed by atoms with Crippen LogP contribution >= 0.6 is 11.8 Å². The van der Waals surface area contributed by atoms with Crippen LogP contribution in [0.15, 0.2) is 78.9 Å². The average molecular weight is 389 g/mol. The molecule has 0 aliphatic rings. The largest absolute Gasteiger partial charge is 0.146 e. The van der Waals surface area contributed by atoms with Crippen LogP contribution < -0.4 is 0 Å². The number of aryl methyl sites for hydroxylation is 1. The van der Waals surface area contributed by atoms with E-state index in [9.17, 15) is 0 Å². The highest BCUT2D eigenvalue weighted by Crippen LogP contribution is 2.43. The lowest BCUT2D eigenvalue weighted by molar-refractivity contribution is 0.639. The Bertz CT molecular complexity index is 876. The molecule has 0 amide bonds. The third-order valence-electron chi connectivity index (χ3n) is 5.85. The van der Waals surface area contributed by atoms with Crippen molar-refractivity contribution >= 4 is 11.8 Å². The fraction of sp³-hybridized carbons (Fsp3) is 0.333. The van der Waals surface area contributed by atoms with E-state index >= 15 is 0 Å². The highest BCUT2D eigenvalue weighted by molar-refractivity contribution is 8.00. The summed E-state index contributed by atoms with van der Waals surface area (Å²) in [4.78, 5) is 0. The molecule has 3 rings (SSSR count). The predicted octanol–water partition coefficient (Wildman–Crippen LogP) is 7.73. The molecule has 0 saturated carbocycles. The average Bonchev–Trinajstić information content (AvgIpc) is 2.73. The molecule has 0 radical (unpaired) electrons. The molecule has 0 aromatic heterocycles. The second-order valence-electron chi connectivity index (χ2n) is 8.32. The van der Waals surface area contributed by atoms with Crippen LogP contribution in [0, 0.1) is 6.92 Å². The van der Waals surface area contributed by atoms with Crippen molar-refractivity contribution < 1.29 is 0 Å². The Morgan fingerprint density at radius 2 is 1.11 bits per heavy atom. The summed E-state index contributed by atoms with van der Waals surface area (Å²) in [5.41, 5.74) is 6.76. The second kappa shape index (κ2) is 8.57. The van der Waals surface area contributed by atoms with E-state index in [0.717, 1.165) is 5.75 Å². The van der Waals surface area contributed by atoms with Gasteiger partial charge in [-0.3, -0.25) is 0 Å². The third kappa shape index (κ3) is 4.20. The summed E-state index contributed by atoms with van der Waals surface area (Å²) in [7, 11) is 0. The van der Waals surface area contributed by atoms with Crippen LogP contribution in [0.2, 0.25) is 0 Å². The zero-order valence-electron chi connectivity index (χ0n) is 17.8. The molecular formula is C27H32S. The van der Waals surface area contributed by atoms with Crippen molar-refractivity contribution in [2.45, 2.75) is 51.2 Å². The molecule has 1 atom stereocenters. The minimum Gasteiger partial charge on any atom is -0.146 e. The fourth-order valence-corrected chi connectivity index (χ4v) is 4.96. The normalized spacial score (nSPS) is 13.9. The van der Waals surface area contributed by atoms with E-state index in [2.05, 4.69) is 113 Å². The van der Waals surface area contributed by atoms with Crippen LogP contribution in [0.1, 0.15) is 61.9 Å². The summed E-state index contributed by atoms with van der Waals surface area (Å²) >= 11 is 2.04. The van der Waals surface area contributed by atoms with Crippen LogP contribution in [0.25, 0.3) is 0 Å². The smallest absolute Gasteiger partial charge is 0.0628 e. The first-order valence-corrected chi connectivity index (χ1v) is 11.2. The zero-order chi connectivity index (χ0) is 20.2. The molecule has 146 valence electrons. The summed E-state index contributed by atoms with van der Waals surface area (Å²) < 4.78 is -0.0240. The molecule has 3 aromatic rings. The molecule has 0 spiro atoms. The van der Waals surface area contributed by atoms with Gasteiger partial charge >= 0.3 is 0 Å². The minimum atomic E-state index is -0.0240. The molecule has 0 aliphatic carbocycles. The SMILES string of the molecule is CCCSC(C)(c1ccccc1)c1ccc(C(C)(C)c2ccc(C)cc2)cc1. The van der Waals surface area contributed by atoms with Crippen molar-refractivity contribution in [2.75, 3.05) is 5.75 Å². The van der Waals surface area contributed by atoms with Gasteiger partial charge in [-0.1, -0.05) is 105 Å². The zero-order valence-corrected chi connectivity index (χ0v) is 18.6. The van der Waals surface area contributed by atoms with Crippen LogP contribution in [-0.4, -0.2) is 5.75 Å². The van der Waals surface area contributed by atoms with Crippen molar-refractivity contribution in [1.29, 1.82) is 0 Å². The standard InChI is InChI=1S/C27H32S/c1-6-20-28-27(5,24-10-8-7-9-11-24)25-18-16-23(17-19-25)26(3,4)22-14-12-21(2)13-15-22/h7-19H,6,20H2,1-5H3. The highest BCUT2D eigenvalue weighted by atomic mass is 32.2. The number of hydrogen-bond donors (Lipinski definition) is 0. The van der Waals surface area contributed by atoms with E-state index in [1.54, 1.807) is 0 Å². The monoisotopic (exact) mass is 388 g/mol. The van der Waals surface area contributed by atoms with Gasteiger partial charge in [0, 0.05) is 5.41 Å². The number of rotatable bonds is 7. The second-order valence-corrected chi connectivity index (χ2v) is 9.83. The molecule has 0 aliphatic heterocycles. The summed E-state index contributed by atoms with van der Waals surface area (Å²) in [5, 5.41) is 0. The number of thioether (sulfide) groups is 1. The molecule has 0 N–H and O–H groups in total. The van der Waals surface area contributed by atoms with Crippen molar-refractivity contribution in [2.24, 2.45) is 0 Å². The molecule has 0 fully saturated rings. The Kier molecular flexibility index (Phi) is 6.35. The van der Waals surface area contributed by atoms with Crippen LogP contribution in [0.3, 0.4) is 0 Å². The maximum atomic E-state index is 2.36. The van der Waals surface area contributed by atoms with Crippen molar-refractivity contribution in [1.82, 2.24) is 0 Å². The lowest BCUT2D eigenvalue weighted by Gasteiger charge is -2.32. The highest BCUT2D eigenvalue weighted by Gasteiger charge is 2.30. The maximum Gasteiger partial charge on any atom is 0.0628 e. The van der Waals surface area contributed by atoms with E-state index in [0.29, 0.717) is 0 Å². The number of hydrogen-bond acceptors (Lipinski definition) is 1. The molecular weight excluding hydrogens is 356 g/mol. The van der Waals surface area contributed by atoms with Gasteiger partial charge in [-0.15, -0.1) is 11.8 Å². The van der Waals surface area contributed by atoms with Gasteiger partial charge in [-0.25, -0.2) is 0 Å². The van der Waals surface area contributed by atoms with E-state index in [4.69, 9.17) is 0 Å². The molecule has 0 bridgehead atoms. The first-order valence-electron chi connectivity index (χ1n) is 10.3. The van der Waals surface area contributed by atoms with Gasteiger partial charge in [0.05, 0.1) is 4.75 Å². The molecule has 1 unspecified atom stereocenters. The fourth-order valence-electron chi connectivity index (χ4n) is 3.74. The van der Waals surface area contributed by atoms with E-state index in [1.165, 1.54) is 34.2 Å². The van der Waals surface area contributed by atoms with E-state index in [1.807, 2.05) is 11.8 Å². The van der Waals surface area contributed by atoms with Gasteiger partial charge in [0.1, 0.15) is 0 Å². The minimum absolute atomic E-state index is 0.00800. The van der Waals surface area contributed by atoms with E-state index < -0.39 is 0 Å². The lowest BCUT2D eigenvalue weighted by Crippen LogP contribution is -2.22. The van der Waals surface area contributed by atoms with Gasteiger partial charge in [-0.2, -0.15) is 0 Å². The lowest BCUT2D eigenvalue weighted by atomic mass is 9.77. The Labute approximate surface area is 175 Å². The van der Waals surface area contributed by atoms with Gasteiger partial charge < -0.3 is 0 Å². The first-order chi connectivity index (χ1) is 13.4. The Hall–Kier alpha value is -1.99. The summed E-state index contributed by atoms with van der Waals surface area (Å²) in [5.74, 6) is 1.15. The molecule has 0 nitrogen and oxygen atoms in total. The van der Waals surface area contributed by atoms with Crippen LogP contribution in [-0.2, 0) is 10.2 Å². The molecule has 28 heavy (non-hydrogen) atoms. The first kappa shape index (κ1) is 20.7. The van der Waals surface area contributed by atoms with E-state index in [-0.39, 0.29) is 10.2 Å². The topological polar surface area (TPSA) is 0 Å². The Morgan fingerprint density at radius 1 is 0.643 bits per heavy atom. The van der Waals surface area contributed by atoms with Gasteiger partial charge in [0.15, 0.2) is 0 Å². The van der Waals surface area contributed by atoms with Crippen molar-refractivity contribution in [3.63, 3.8) is 0 Å². The number of benzene rings is 3. The van der Waals surface area contributed by atoms with Crippen LogP contribution in [0.5, 0.6) is 0 Å². The van der Waals surface area contributed by atoms with Crippen LogP contribution in [0.4, 0.5) is 0 Å². The molecule has 3 aromatic carbocycles. The summed E-state index contributed by atoms with van der Waals surface area (Å²) in [6.45, 7) is 11.4. The van der Waals surface area contributed by atoms with Gasteiger partial charge in [0.25, 0.3) is 0 Å². The molecule has 0 heterocycles. The van der Waals surface area contributed by atoms with Gasteiger partial charge in [0.2, 0.25) is 0 Å². The molecule has 1 heteroatoms. The van der Waals surface area contributed by atoms with Crippen molar-refractivity contribution in [3.8, 4) is 0 Å². The predicted molar refractivity (Wildman–Crippen MR) is 125 cm³/mol. The van der Waals surface area contributed by atoms with Crippen molar-refractivity contribution in [3.05, 3.63) is 107 Å². The van der Waals surface area contributed by atoms with Gasteiger partial charge in [-0.05, 0) is 48.3 Å². The Balaban J connectivity index is 1.96. The molecule has 0 saturated heterocycles. The quantitative estimate of drug-likeness (QED) is 0.399. The summed E-state index contributed by atoms with van der Waals surface area (Å²) in [6, 6.07) is 29.2. The Morgan fingerprint density at radius 3 is 1.64 bits per heavy atom. The third-order valence-corrected chi connectivity index (χ3v) is 7.51.